The summed E-state index contributed by atoms with van der Waals surface area (Å²) in [5.41, 5.74) is 1.13. The van der Waals surface area contributed by atoms with E-state index >= 15 is 0 Å². The number of rotatable bonds is 24. The summed E-state index contributed by atoms with van der Waals surface area (Å²) < 4.78 is 5.43. The van der Waals surface area contributed by atoms with Crippen LogP contribution in [0.3, 0.4) is 0 Å². The van der Waals surface area contributed by atoms with E-state index in [0.717, 1.165) is 12.8 Å². The van der Waals surface area contributed by atoms with Crippen LogP contribution in [-0.4, -0.2) is 10.9 Å². The first kappa shape index (κ1) is 34.1. The lowest BCUT2D eigenvalue weighted by atomic mass is 10.0. The van der Waals surface area contributed by atoms with E-state index in [0.29, 0.717) is 23.5 Å². The van der Waals surface area contributed by atoms with Crippen molar-refractivity contribution in [1.29, 1.82) is 0 Å². The van der Waals surface area contributed by atoms with Gasteiger partial charge < -0.3 is 4.74 Å². The maximum absolute atomic E-state index is 12.2. The first-order valence-electron chi connectivity index (χ1n) is 16.1. The van der Waals surface area contributed by atoms with Crippen molar-refractivity contribution in [2.45, 2.75) is 135 Å². The van der Waals surface area contributed by atoms with E-state index < -0.39 is 4.92 Å². The Bertz CT molecular complexity index is 990. The van der Waals surface area contributed by atoms with Gasteiger partial charge in [0.05, 0.1) is 16.3 Å². The number of azo groups is 1. The number of carbonyl (C=O) groups excluding carboxylic acids is 1. The Morgan fingerprint density at radius 2 is 0.976 bits per heavy atom. The zero-order valence-corrected chi connectivity index (χ0v) is 25.2. The number of hydrogen-bond acceptors (Lipinski definition) is 6. The van der Waals surface area contributed by atoms with Gasteiger partial charge in [0.2, 0.25) is 0 Å². The summed E-state index contributed by atoms with van der Waals surface area (Å²) >= 11 is 0. The molecular formula is C34H51N3O4. The average Bonchev–Trinajstić information content (AvgIpc) is 2.98. The Morgan fingerprint density at radius 3 is 1.37 bits per heavy atom. The lowest BCUT2D eigenvalue weighted by Gasteiger charge is -2.05. The second-order valence-electron chi connectivity index (χ2n) is 11.1. The number of benzene rings is 2. The Balaban J connectivity index is 1.40. The molecule has 0 amide bonds. The highest BCUT2D eigenvalue weighted by molar-refractivity contribution is 5.72. The number of esters is 1. The highest BCUT2D eigenvalue weighted by Gasteiger charge is 2.06. The molecule has 41 heavy (non-hydrogen) atoms. The number of nitro groups is 1. The lowest BCUT2D eigenvalue weighted by Crippen LogP contribution is -2.07. The molecule has 2 aromatic rings. The Hall–Kier alpha value is -3.09. The van der Waals surface area contributed by atoms with E-state index in [1.165, 1.54) is 133 Å². The van der Waals surface area contributed by atoms with Crippen LogP contribution in [0.2, 0.25) is 0 Å². The van der Waals surface area contributed by atoms with E-state index in [2.05, 4.69) is 17.2 Å². The highest BCUT2D eigenvalue weighted by atomic mass is 16.6. The van der Waals surface area contributed by atoms with Gasteiger partial charge in [-0.1, -0.05) is 122 Å². The molecule has 0 spiro atoms. The van der Waals surface area contributed by atoms with Gasteiger partial charge in [-0.25, -0.2) is 0 Å². The zero-order valence-electron chi connectivity index (χ0n) is 25.2. The third-order valence-electron chi connectivity index (χ3n) is 7.39. The predicted octanol–water partition coefficient (Wildman–Crippen LogP) is 11.7. The predicted molar refractivity (Wildman–Crippen MR) is 167 cm³/mol. The second-order valence-corrected chi connectivity index (χ2v) is 11.1. The summed E-state index contributed by atoms with van der Waals surface area (Å²) in [5, 5.41) is 18.9. The van der Waals surface area contributed by atoms with E-state index in [-0.39, 0.29) is 11.7 Å². The van der Waals surface area contributed by atoms with Gasteiger partial charge in [-0.3, -0.25) is 14.9 Å². The van der Waals surface area contributed by atoms with Crippen molar-refractivity contribution in [2.24, 2.45) is 10.2 Å². The molecule has 0 heterocycles. The van der Waals surface area contributed by atoms with Crippen LogP contribution in [0.15, 0.2) is 58.8 Å². The third-order valence-corrected chi connectivity index (χ3v) is 7.39. The fraction of sp³-hybridized carbons (Fsp3) is 0.618. The normalized spacial score (nSPS) is 11.2. The minimum absolute atomic E-state index is 0.00957. The topological polar surface area (TPSA) is 94.2 Å². The molecule has 7 heteroatoms. The first-order valence-corrected chi connectivity index (χ1v) is 16.1. The number of ether oxygens (including phenoxy) is 1. The first-order chi connectivity index (χ1) is 20.1. The minimum atomic E-state index is -0.455. The van der Waals surface area contributed by atoms with Gasteiger partial charge in [-0.2, -0.15) is 10.2 Å². The monoisotopic (exact) mass is 565 g/mol. The molecule has 0 radical (unpaired) electrons. The Kier molecular flexibility index (Phi) is 18.8. The summed E-state index contributed by atoms with van der Waals surface area (Å²) in [4.78, 5) is 22.4. The third kappa shape index (κ3) is 17.4. The molecule has 0 aliphatic rings. The Labute approximate surface area is 247 Å². The van der Waals surface area contributed by atoms with Crippen molar-refractivity contribution >= 4 is 23.0 Å². The van der Waals surface area contributed by atoms with Crippen LogP contribution >= 0.6 is 0 Å². The maximum Gasteiger partial charge on any atom is 0.311 e. The molecule has 0 aliphatic carbocycles. The summed E-state index contributed by atoms with van der Waals surface area (Å²) in [6.45, 7) is 2.28. The summed E-state index contributed by atoms with van der Waals surface area (Å²) in [6.07, 6.45) is 25.7. The van der Waals surface area contributed by atoms with Crippen LogP contribution in [0.1, 0.15) is 135 Å². The number of nitro benzene ring substituents is 1. The summed E-state index contributed by atoms with van der Waals surface area (Å²) in [6, 6.07) is 12.7. The standard InChI is InChI=1S/C34H51N3O4/c1-2-3-4-5-6-7-8-9-10-11-12-13-14-15-16-17-18-19-20-21-34(38)41-33-28-24-31(25-29-33)36-35-30-22-26-32(27-23-30)37(39)40/h22-29H,2-21H2,1H3. The molecule has 7 nitrogen and oxygen atoms in total. The van der Waals surface area contributed by atoms with Crippen LogP contribution in [0.5, 0.6) is 5.75 Å². The van der Waals surface area contributed by atoms with Crippen molar-refractivity contribution < 1.29 is 14.5 Å². The quantitative estimate of drug-likeness (QED) is 0.0316. The molecule has 2 aromatic carbocycles. The van der Waals surface area contributed by atoms with Crippen molar-refractivity contribution in [3.8, 4) is 5.75 Å². The molecule has 226 valence electrons. The van der Waals surface area contributed by atoms with Crippen molar-refractivity contribution in [1.82, 2.24) is 0 Å². The van der Waals surface area contributed by atoms with Crippen molar-refractivity contribution in [3.05, 3.63) is 58.6 Å². The van der Waals surface area contributed by atoms with Crippen LogP contribution in [-0.2, 0) is 4.79 Å². The smallest absolute Gasteiger partial charge is 0.311 e. The average molecular weight is 566 g/mol. The van der Waals surface area contributed by atoms with Crippen LogP contribution < -0.4 is 4.74 Å². The molecule has 0 N–H and O–H groups in total. The maximum atomic E-state index is 12.2. The van der Waals surface area contributed by atoms with Gasteiger partial charge in [0.25, 0.3) is 5.69 Å². The van der Waals surface area contributed by atoms with E-state index in [9.17, 15) is 14.9 Å². The Morgan fingerprint density at radius 1 is 0.610 bits per heavy atom. The zero-order chi connectivity index (χ0) is 29.4. The molecule has 0 saturated heterocycles. The van der Waals surface area contributed by atoms with Crippen LogP contribution in [0, 0.1) is 10.1 Å². The van der Waals surface area contributed by atoms with Gasteiger partial charge in [-0.05, 0) is 42.8 Å². The van der Waals surface area contributed by atoms with Gasteiger partial charge in [0.1, 0.15) is 5.75 Å². The SMILES string of the molecule is CCCCCCCCCCCCCCCCCCCCCC(=O)Oc1ccc(N=Nc2ccc([N+](=O)[O-])cc2)cc1. The molecule has 0 bridgehead atoms. The van der Waals surface area contributed by atoms with Gasteiger partial charge >= 0.3 is 5.97 Å². The van der Waals surface area contributed by atoms with Gasteiger partial charge in [-0.15, -0.1) is 0 Å². The van der Waals surface area contributed by atoms with Crippen molar-refractivity contribution in [2.75, 3.05) is 0 Å². The number of carbonyl (C=O) groups is 1. The fourth-order valence-corrected chi connectivity index (χ4v) is 4.87. The van der Waals surface area contributed by atoms with Gasteiger partial charge in [0, 0.05) is 18.6 Å². The fourth-order valence-electron chi connectivity index (χ4n) is 4.87. The second kappa shape index (κ2) is 22.6. The number of hydrogen-bond donors (Lipinski definition) is 0. The van der Waals surface area contributed by atoms with Crippen LogP contribution in [0.25, 0.3) is 0 Å². The number of non-ortho nitro benzene ring substituents is 1. The minimum Gasteiger partial charge on any atom is -0.427 e. The largest absolute Gasteiger partial charge is 0.427 e. The molecule has 0 saturated carbocycles. The lowest BCUT2D eigenvalue weighted by molar-refractivity contribution is -0.384. The van der Waals surface area contributed by atoms with E-state index in [1.54, 1.807) is 24.3 Å². The highest BCUT2D eigenvalue weighted by Crippen LogP contribution is 2.23. The molecule has 2 rings (SSSR count). The van der Waals surface area contributed by atoms with E-state index in [4.69, 9.17) is 4.74 Å². The molecule has 0 aliphatic heterocycles. The molecule has 0 atom stereocenters. The molecular weight excluding hydrogens is 514 g/mol. The van der Waals surface area contributed by atoms with Crippen molar-refractivity contribution in [3.63, 3.8) is 0 Å². The van der Waals surface area contributed by atoms with Crippen LogP contribution in [0.4, 0.5) is 17.1 Å². The number of nitrogens with zero attached hydrogens (tertiary/aromatic N) is 3. The summed E-state index contributed by atoms with van der Waals surface area (Å²) in [5.74, 6) is 0.277. The molecule has 0 fully saturated rings. The number of unbranched alkanes of at least 4 members (excludes halogenated alkanes) is 18. The van der Waals surface area contributed by atoms with Gasteiger partial charge in [0.15, 0.2) is 0 Å². The molecule has 0 aromatic heterocycles. The summed E-state index contributed by atoms with van der Waals surface area (Å²) in [7, 11) is 0. The van der Waals surface area contributed by atoms with E-state index in [1.807, 2.05) is 0 Å². The molecule has 0 unspecified atom stereocenters.